The number of aromatic nitrogens is 1. The number of oxazole rings is 1. The van der Waals surface area contributed by atoms with Crippen molar-refractivity contribution in [2.24, 2.45) is 11.8 Å². The zero-order valence-corrected chi connectivity index (χ0v) is 18.6. The van der Waals surface area contributed by atoms with Crippen LogP contribution in [0, 0.1) is 30.4 Å². The number of para-hydroxylation sites is 2. The number of fused-ring (bicyclic) bond motifs is 2. The Kier molecular flexibility index (Phi) is 4.86. The van der Waals surface area contributed by atoms with Gasteiger partial charge in [0, 0.05) is 24.7 Å². The molecule has 0 radical (unpaired) electrons. The average molecular weight is 459 g/mol. The molecule has 1 N–H and O–H groups in total. The minimum Gasteiger partial charge on any atom is -0.424 e. The molecule has 1 aliphatic heterocycles. The first-order valence-electron chi connectivity index (χ1n) is 11.4. The smallest absolute Gasteiger partial charge is 0.295 e. The molecule has 172 valence electrons. The van der Waals surface area contributed by atoms with Gasteiger partial charge in [0.2, 0.25) is 0 Å². The number of rotatable bonds is 5. The van der Waals surface area contributed by atoms with E-state index < -0.39 is 11.6 Å². The van der Waals surface area contributed by atoms with Gasteiger partial charge >= 0.3 is 0 Å². The molecular formula is C27H23F2N3O2. The van der Waals surface area contributed by atoms with E-state index in [9.17, 15) is 13.6 Å². The van der Waals surface area contributed by atoms with E-state index in [1.807, 2.05) is 42.2 Å². The number of nitrogens with one attached hydrogen (secondary N) is 1. The molecule has 2 heterocycles. The number of hydrogen-bond donors (Lipinski definition) is 1. The van der Waals surface area contributed by atoms with Gasteiger partial charge in [0.15, 0.2) is 5.58 Å². The standard InChI is InChI=1S/C27H23F2N3O2/c1-15-6-7-20(16-9-18(28)12-19(29)10-16)22(8-15)26(33)32-14-17-11-21(17)24(32)13-30-27-31-23-4-2-3-5-25(23)34-27/h2-10,12,17,21,24H,11,13-14H2,1H3,(H,30,31)/t17-,21-,24-/m1/s1. The molecular weight excluding hydrogens is 436 g/mol. The van der Waals surface area contributed by atoms with E-state index in [2.05, 4.69) is 10.3 Å². The lowest BCUT2D eigenvalue weighted by molar-refractivity contribution is 0.0715. The Labute approximate surface area is 195 Å². The van der Waals surface area contributed by atoms with Crippen molar-refractivity contribution in [3.63, 3.8) is 0 Å². The fourth-order valence-corrected chi connectivity index (χ4v) is 5.16. The van der Waals surface area contributed by atoms with E-state index >= 15 is 0 Å². The summed E-state index contributed by atoms with van der Waals surface area (Å²) in [6.45, 7) is 3.10. The second kappa shape index (κ2) is 7.94. The third kappa shape index (κ3) is 3.71. The number of hydrogen-bond acceptors (Lipinski definition) is 4. The van der Waals surface area contributed by atoms with Gasteiger partial charge in [-0.05, 0) is 66.6 Å². The van der Waals surface area contributed by atoms with E-state index in [1.54, 1.807) is 12.1 Å². The van der Waals surface area contributed by atoms with Crippen LogP contribution in [-0.4, -0.2) is 34.9 Å². The highest BCUT2D eigenvalue weighted by molar-refractivity contribution is 6.01. The molecule has 1 aromatic heterocycles. The van der Waals surface area contributed by atoms with Gasteiger partial charge in [0.1, 0.15) is 17.2 Å². The Morgan fingerprint density at radius 1 is 1.12 bits per heavy atom. The molecule has 0 bridgehead atoms. The predicted octanol–water partition coefficient (Wildman–Crippen LogP) is 5.65. The van der Waals surface area contributed by atoms with Crippen LogP contribution in [0.25, 0.3) is 22.2 Å². The normalized spacial score (nSPS) is 21.0. The van der Waals surface area contributed by atoms with Crippen molar-refractivity contribution in [1.29, 1.82) is 0 Å². The third-order valence-electron chi connectivity index (χ3n) is 6.90. The summed E-state index contributed by atoms with van der Waals surface area (Å²) in [5.74, 6) is -0.548. The number of carbonyl (C=O) groups excluding carboxylic acids is 1. The number of benzene rings is 3. The fraction of sp³-hybridized carbons (Fsp3) is 0.259. The van der Waals surface area contributed by atoms with E-state index in [0.29, 0.717) is 53.2 Å². The van der Waals surface area contributed by atoms with Crippen molar-refractivity contribution in [1.82, 2.24) is 9.88 Å². The van der Waals surface area contributed by atoms with Gasteiger partial charge in [0.05, 0.1) is 6.04 Å². The molecule has 0 unspecified atom stereocenters. The molecule has 0 spiro atoms. The Balaban J connectivity index is 1.28. The van der Waals surface area contributed by atoms with E-state index in [1.165, 1.54) is 12.1 Å². The van der Waals surface area contributed by atoms with Gasteiger partial charge in [-0.1, -0.05) is 29.8 Å². The molecule has 6 rings (SSSR count). The number of nitrogens with zero attached hydrogens (tertiary/aromatic N) is 2. The number of aryl methyl sites for hydroxylation is 1. The Morgan fingerprint density at radius 3 is 2.71 bits per heavy atom. The summed E-state index contributed by atoms with van der Waals surface area (Å²) in [5, 5.41) is 3.27. The van der Waals surface area contributed by atoms with Crippen LogP contribution in [0.4, 0.5) is 14.8 Å². The van der Waals surface area contributed by atoms with Gasteiger partial charge in [-0.2, -0.15) is 4.98 Å². The maximum atomic E-state index is 13.9. The quantitative estimate of drug-likeness (QED) is 0.419. The highest BCUT2D eigenvalue weighted by atomic mass is 19.1. The molecule has 1 aliphatic carbocycles. The monoisotopic (exact) mass is 459 g/mol. The molecule has 5 nitrogen and oxygen atoms in total. The van der Waals surface area contributed by atoms with Crippen LogP contribution in [0.3, 0.4) is 0 Å². The highest BCUT2D eigenvalue weighted by Gasteiger charge is 2.54. The van der Waals surface area contributed by atoms with Gasteiger partial charge < -0.3 is 14.6 Å². The van der Waals surface area contributed by atoms with E-state index in [4.69, 9.17) is 4.42 Å². The third-order valence-corrected chi connectivity index (χ3v) is 6.90. The molecule has 3 aromatic carbocycles. The zero-order chi connectivity index (χ0) is 23.4. The van der Waals surface area contributed by atoms with Gasteiger partial charge in [-0.15, -0.1) is 0 Å². The molecule has 1 saturated carbocycles. The summed E-state index contributed by atoms with van der Waals surface area (Å²) in [7, 11) is 0. The average Bonchev–Trinajstić information content (AvgIpc) is 3.30. The van der Waals surface area contributed by atoms with Gasteiger partial charge in [-0.25, -0.2) is 8.78 Å². The van der Waals surface area contributed by atoms with Crippen LogP contribution in [0.2, 0.25) is 0 Å². The first-order valence-corrected chi connectivity index (χ1v) is 11.4. The van der Waals surface area contributed by atoms with E-state index in [-0.39, 0.29) is 11.9 Å². The number of amides is 1. The van der Waals surface area contributed by atoms with Crippen molar-refractivity contribution in [3.05, 3.63) is 83.4 Å². The minimum absolute atomic E-state index is 0.00915. The maximum Gasteiger partial charge on any atom is 0.295 e. The number of carbonyl (C=O) groups is 1. The first-order chi connectivity index (χ1) is 16.5. The lowest BCUT2D eigenvalue weighted by Gasteiger charge is -2.28. The summed E-state index contributed by atoms with van der Waals surface area (Å²) >= 11 is 0. The van der Waals surface area contributed by atoms with Crippen molar-refractivity contribution in [2.45, 2.75) is 19.4 Å². The van der Waals surface area contributed by atoms with E-state index in [0.717, 1.165) is 23.6 Å². The molecule has 1 amide bonds. The van der Waals surface area contributed by atoms with Crippen molar-refractivity contribution in [3.8, 4) is 11.1 Å². The Hall–Kier alpha value is -3.74. The van der Waals surface area contributed by atoms with Crippen LogP contribution < -0.4 is 5.32 Å². The van der Waals surface area contributed by atoms with Gasteiger partial charge in [0.25, 0.3) is 11.9 Å². The first kappa shape index (κ1) is 20.8. The molecule has 7 heteroatoms. The Morgan fingerprint density at radius 2 is 1.91 bits per heavy atom. The summed E-state index contributed by atoms with van der Waals surface area (Å²) in [5.41, 5.74) is 3.74. The fourth-order valence-electron chi connectivity index (χ4n) is 5.16. The predicted molar refractivity (Wildman–Crippen MR) is 125 cm³/mol. The molecule has 1 saturated heterocycles. The van der Waals surface area contributed by atoms with Crippen molar-refractivity contribution >= 4 is 23.0 Å². The molecule has 3 atom stereocenters. The summed E-state index contributed by atoms with van der Waals surface area (Å²) in [6, 6.07) is 16.8. The highest BCUT2D eigenvalue weighted by Crippen LogP contribution is 2.50. The van der Waals surface area contributed by atoms with Gasteiger partial charge in [-0.3, -0.25) is 4.79 Å². The number of likely N-dealkylation sites (tertiary alicyclic amines) is 1. The number of halogens is 2. The second-order valence-corrected chi connectivity index (χ2v) is 9.26. The van der Waals surface area contributed by atoms with Crippen molar-refractivity contribution < 1.29 is 18.0 Å². The molecule has 4 aromatic rings. The van der Waals surface area contributed by atoms with Crippen LogP contribution in [0.15, 0.2) is 65.1 Å². The van der Waals surface area contributed by atoms with Crippen LogP contribution in [0.1, 0.15) is 22.3 Å². The SMILES string of the molecule is Cc1ccc(-c2cc(F)cc(F)c2)c(C(=O)N2C[C@H]3C[C@H]3[C@H]2CNc2nc3ccccc3o2)c1. The van der Waals surface area contributed by atoms with Crippen LogP contribution >= 0.6 is 0 Å². The van der Waals surface area contributed by atoms with Crippen molar-refractivity contribution in [2.75, 3.05) is 18.4 Å². The Bertz CT molecular complexity index is 1360. The molecule has 34 heavy (non-hydrogen) atoms. The van der Waals surface area contributed by atoms with Crippen LogP contribution in [-0.2, 0) is 0 Å². The van der Waals surface area contributed by atoms with Crippen LogP contribution in [0.5, 0.6) is 0 Å². The number of anilines is 1. The molecule has 2 aliphatic rings. The summed E-state index contributed by atoms with van der Waals surface area (Å²) in [4.78, 5) is 20.1. The zero-order valence-electron chi connectivity index (χ0n) is 18.6. The maximum absolute atomic E-state index is 13.9. The summed E-state index contributed by atoms with van der Waals surface area (Å²) in [6.07, 6.45) is 1.10. The summed E-state index contributed by atoms with van der Waals surface area (Å²) < 4.78 is 33.6. The largest absolute Gasteiger partial charge is 0.424 e. The lowest BCUT2D eigenvalue weighted by Crippen LogP contribution is -2.42. The second-order valence-electron chi connectivity index (χ2n) is 9.26. The topological polar surface area (TPSA) is 58.4 Å². The lowest BCUT2D eigenvalue weighted by atomic mass is 9.96. The molecule has 2 fully saturated rings. The minimum atomic E-state index is -0.670. The number of piperidine rings is 1.